The molecule has 0 radical (unpaired) electrons. The Morgan fingerprint density at radius 1 is 0.282 bits per heavy atom. The number of carbonyl (C=O) groups is 3. The molecule has 103 heavy (non-hydrogen) atoms. The Morgan fingerprint density at radius 2 is 0.515 bits per heavy atom. The molecule has 0 bridgehead atoms. The van der Waals surface area contributed by atoms with Crippen molar-refractivity contribution in [3.05, 3.63) is 134 Å². The Morgan fingerprint density at radius 3 is 0.845 bits per heavy atom. The number of rotatable bonds is 76. The first-order valence-corrected chi connectivity index (χ1v) is 43.5. The third-order valence-electron chi connectivity index (χ3n) is 16.8. The van der Waals surface area contributed by atoms with E-state index in [2.05, 4.69) is 154 Å². The number of esters is 3. The lowest BCUT2D eigenvalue weighted by Gasteiger charge is -2.21. The smallest absolute Gasteiger partial charge is 0.463 e. The van der Waals surface area contributed by atoms with Gasteiger partial charge in [-0.25, -0.2) is 9.13 Å². The summed E-state index contributed by atoms with van der Waals surface area (Å²) in [5.41, 5.74) is 0. The summed E-state index contributed by atoms with van der Waals surface area (Å²) in [6, 6.07) is 0. The largest absolute Gasteiger partial charge is 0.472 e. The Labute approximate surface area is 626 Å². The first-order chi connectivity index (χ1) is 50.2. The van der Waals surface area contributed by atoms with Gasteiger partial charge >= 0.3 is 33.6 Å². The first-order valence-electron chi connectivity index (χ1n) is 40.5. The predicted octanol–water partition coefficient (Wildman–Crippen LogP) is 23.9. The molecule has 0 heterocycles. The zero-order valence-electron chi connectivity index (χ0n) is 64.7. The number of ether oxygens (including phenoxy) is 3. The summed E-state index contributed by atoms with van der Waals surface area (Å²) in [6.07, 6.45) is 93.7. The fourth-order valence-electron chi connectivity index (χ4n) is 10.7. The number of hydrogen-bond acceptors (Lipinski definition) is 14. The van der Waals surface area contributed by atoms with E-state index >= 15 is 0 Å². The highest BCUT2D eigenvalue weighted by Gasteiger charge is 2.29. The van der Waals surface area contributed by atoms with Crippen LogP contribution in [0.5, 0.6) is 0 Å². The number of carbonyl (C=O) groups excluding carboxylic acids is 3. The zero-order valence-corrected chi connectivity index (χ0v) is 66.5. The van der Waals surface area contributed by atoms with Crippen LogP contribution in [-0.4, -0.2) is 95.9 Å². The van der Waals surface area contributed by atoms with Crippen molar-refractivity contribution in [2.24, 2.45) is 0 Å². The van der Waals surface area contributed by atoms with Crippen LogP contribution in [0.4, 0.5) is 0 Å². The van der Waals surface area contributed by atoms with Gasteiger partial charge in [0.1, 0.15) is 25.4 Å². The van der Waals surface area contributed by atoms with Crippen LogP contribution in [0.15, 0.2) is 134 Å². The summed E-state index contributed by atoms with van der Waals surface area (Å²) in [5.74, 6) is -1.60. The molecule has 0 fully saturated rings. The second-order valence-electron chi connectivity index (χ2n) is 26.8. The van der Waals surface area contributed by atoms with E-state index in [1.54, 1.807) is 0 Å². The number of aliphatic hydroxyl groups is 2. The molecular formula is C85H146O16P2. The van der Waals surface area contributed by atoms with Gasteiger partial charge in [0, 0.05) is 19.3 Å². The van der Waals surface area contributed by atoms with Crippen molar-refractivity contribution in [1.29, 1.82) is 0 Å². The van der Waals surface area contributed by atoms with Gasteiger partial charge in [-0.1, -0.05) is 302 Å². The molecule has 0 aliphatic heterocycles. The summed E-state index contributed by atoms with van der Waals surface area (Å²) in [7, 11) is -9.80. The van der Waals surface area contributed by atoms with Crippen LogP contribution < -0.4 is 0 Å². The SMILES string of the molecule is CC/C=C\C/C=C\C/C=C\C/C=C\C/C=C\C/C=C\CCCCCCCCCCCCCCCCC(=O)OCC(O)COP(=O)(O)OCC(O)COP(=O)(O)OCC(COC(=O)CCCCCCC/C=C\C/C=C\C/C=C\C/C=C\CCCCC)OC(=O)CCCCCCC/C=C\CCCCCC. The van der Waals surface area contributed by atoms with Gasteiger partial charge in [0.25, 0.3) is 0 Å². The molecule has 0 amide bonds. The molecule has 0 aromatic rings. The van der Waals surface area contributed by atoms with Crippen molar-refractivity contribution in [3.8, 4) is 0 Å². The van der Waals surface area contributed by atoms with Gasteiger partial charge in [-0.2, -0.15) is 0 Å². The molecule has 0 aliphatic rings. The van der Waals surface area contributed by atoms with Gasteiger partial charge < -0.3 is 34.2 Å². The molecule has 592 valence electrons. The minimum atomic E-state index is -4.94. The van der Waals surface area contributed by atoms with Gasteiger partial charge in [0.15, 0.2) is 6.10 Å². The molecule has 0 aromatic heterocycles. The minimum absolute atomic E-state index is 0.0887. The van der Waals surface area contributed by atoms with Crippen molar-refractivity contribution in [1.82, 2.24) is 0 Å². The number of aliphatic hydroxyl groups excluding tert-OH is 2. The second kappa shape index (κ2) is 77.3. The Kier molecular flexibility index (Phi) is 74.1. The molecule has 0 spiro atoms. The lowest BCUT2D eigenvalue weighted by molar-refractivity contribution is -0.161. The monoisotopic (exact) mass is 1490 g/mol. The molecule has 0 aromatic carbocycles. The number of hydrogen-bond donors (Lipinski definition) is 4. The third-order valence-corrected chi connectivity index (χ3v) is 18.7. The van der Waals surface area contributed by atoms with Gasteiger partial charge in [-0.05, 0) is 141 Å². The summed E-state index contributed by atoms with van der Waals surface area (Å²) >= 11 is 0. The van der Waals surface area contributed by atoms with E-state index in [9.17, 15) is 43.5 Å². The van der Waals surface area contributed by atoms with Crippen LogP contribution in [0.1, 0.15) is 329 Å². The van der Waals surface area contributed by atoms with E-state index in [1.165, 1.54) is 116 Å². The van der Waals surface area contributed by atoms with Crippen LogP contribution in [0, 0.1) is 0 Å². The van der Waals surface area contributed by atoms with Crippen molar-refractivity contribution in [3.63, 3.8) is 0 Å². The van der Waals surface area contributed by atoms with Crippen LogP contribution in [0.2, 0.25) is 0 Å². The van der Waals surface area contributed by atoms with E-state index < -0.39 is 91.5 Å². The molecule has 18 heteroatoms. The van der Waals surface area contributed by atoms with Crippen LogP contribution in [0.25, 0.3) is 0 Å². The number of allylic oxidation sites excluding steroid dienone is 22. The fourth-order valence-corrected chi connectivity index (χ4v) is 12.3. The number of phosphoric ester groups is 2. The summed E-state index contributed by atoms with van der Waals surface area (Å²) in [6.45, 7) is 2.50. The molecular weight excluding hydrogens is 1340 g/mol. The summed E-state index contributed by atoms with van der Waals surface area (Å²) in [5, 5.41) is 20.6. The molecule has 5 unspecified atom stereocenters. The number of unbranched alkanes of at least 4 members (excludes halogenated alkanes) is 31. The van der Waals surface area contributed by atoms with Crippen LogP contribution in [0.3, 0.4) is 0 Å². The average Bonchev–Trinajstić information content (AvgIpc) is 0.937. The maximum Gasteiger partial charge on any atom is 0.472 e. The van der Waals surface area contributed by atoms with Crippen LogP contribution in [-0.2, 0) is 55.8 Å². The zero-order chi connectivity index (χ0) is 75.2. The molecule has 0 saturated heterocycles. The number of phosphoric acid groups is 2. The lowest BCUT2D eigenvalue weighted by atomic mass is 10.0. The maximum atomic E-state index is 12.9. The summed E-state index contributed by atoms with van der Waals surface area (Å²) < 4.78 is 61.1. The van der Waals surface area contributed by atoms with Gasteiger partial charge in [0.05, 0.1) is 26.4 Å². The van der Waals surface area contributed by atoms with Gasteiger partial charge in [0.2, 0.25) is 0 Å². The highest BCUT2D eigenvalue weighted by atomic mass is 31.2. The predicted molar refractivity (Wildman–Crippen MR) is 426 cm³/mol. The van der Waals surface area contributed by atoms with Crippen LogP contribution >= 0.6 is 15.6 Å². The molecule has 0 rings (SSSR count). The Hall–Kier alpha value is -4.31. The van der Waals surface area contributed by atoms with Gasteiger partial charge in [-0.15, -0.1) is 0 Å². The van der Waals surface area contributed by atoms with Crippen molar-refractivity contribution in [2.75, 3.05) is 39.6 Å². The molecule has 0 aliphatic carbocycles. The Bertz CT molecular complexity index is 2410. The molecule has 16 nitrogen and oxygen atoms in total. The Balaban J connectivity index is 4.45. The van der Waals surface area contributed by atoms with Crippen molar-refractivity contribution >= 4 is 33.6 Å². The third kappa shape index (κ3) is 78.6. The van der Waals surface area contributed by atoms with E-state index in [1.807, 2.05) is 0 Å². The van der Waals surface area contributed by atoms with Gasteiger partial charge in [-0.3, -0.25) is 32.5 Å². The molecule has 5 atom stereocenters. The second-order valence-corrected chi connectivity index (χ2v) is 29.7. The van der Waals surface area contributed by atoms with E-state index in [0.717, 1.165) is 154 Å². The normalized spacial score (nSPS) is 14.7. The fraction of sp³-hybridized carbons (Fsp3) is 0.706. The highest BCUT2D eigenvalue weighted by Crippen LogP contribution is 2.45. The quantitative estimate of drug-likeness (QED) is 0.0146. The van der Waals surface area contributed by atoms with Crippen molar-refractivity contribution < 1.29 is 75.8 Å². The molecule has 4 N–H and O–H groups in total. The topological polar surface area (TPSA) is 231 Å². The minimum Gasteiger partial charge on any atom is -0.463 e. The van der Waals surface area contributed by atoms with Crippen molar-refractivity contribution in [2.45, 2.75) is 347 Å². The lowest BCUT2D eigenvalue weighted by Crippen LogP contribution is -2.30. The first kappa shape index (κ1) is 98.7. The van der Waals surface area contributed by atoms with E-state index in [-0.39, 0.29) is 19.3 Å². The van der Waals surface area contributed by atoms with E-state index in [0.29, 0.717) is 19.3 Å². The van der Waals surface area contributed by atoms with E-state index in [4.69, 9.17) is 32.3 Å². The standard InChI is InChI=1S/C85H146O16P2/c1-4-7-10-13-16-19-22-25-27-29-31-33-34-35-36-37-38-39-40-41-42-43-44-46-48-49-51-54-56-59-62-65-68-71-83(88)95-74-80(86)75-97-102(91,92)98-76-81(87)77-99-103(93,94)100-79-82(101-85(90)73-70-67-64-61-58-53-24-21-18-15-12-9-6-3)78-96-84(89)72-69-66-63-60-57-55-52-50-47-45-32-30-28-26-23-20-17-14-11-8-5-2/h7,10,16-17,19-21,24-28,31-33,35-36,38-39,45,50,52,80-82,86-87H,4-6,8-9,11-15,18,22-23,29-30,34,37,40-44,46-49,51,53-79H2,1-3H3,(H,91,92)(H,93,94)/b10-7-,19-16-,20-17-,24-21-,27-25-,28-26-,33-31-,36-35-,39-38-,45-32-,52-50-. The average molecular weight is 1490 g/mol. The maximum absolute atomic E-state index is 12.9. The molecule has 0 saturated carbocycles. The highest BCUT2D eigenvalue weighted by molar-refractivity contribution is 7.47. The summed E-state index contributed by atoms with van der Waals surface area (Å²) in [4.78, 5) is 58.6.